The molecule has 0 bridgehead atoms. The van der Waals surface area contributed by atoms with Crippen LogP contribution in [0.2, 0.25) is 0 Å². The van der Waals surface area contributed by atoms with E-state index in [1.165, 1.54) is 24.4 Å². The zero-order valence-corrected chi connectivity index (χ0v) is 15.4. The maximum absolute atomic E-state index is 13.6. The minimum absolute atomic E-state index is 0.0905. The van der Waals surface area contributed by atoms with Crippen LogP contribution in [-0.2, 0) is 20.9 Å². The van der Waals surface area contributed by atoms with Crippen LogP contribution in [0.4, 0.5) is 39.5 Å². The Morgan fingerprint density at radius 1 is 0.933 bits per heavy atom. The van der Waals surface area contributed by atoms with Gasteiger partial charge in [0, 0.05) is 18.1 Å². The summed E-state index contributed by atoms with van der Waals surface area (Å²) in [6.45, 7) is 2.12. The number of nitrogens with zero attached hydrogens (tertiary/aromatic N) is 2. The van der Waals surface area contributed by atoms with Crippen LogP contribution in [0, 0.1) is 0 Å². The number of aryl methyl sites for hydroxylation is 1. The molecule has 0 saturated carbocycles. The highest BCUT2D eigenvalue weighted by atomic mass is 32.2. The van der Waals surface area contributed by atoms with Crippen molar-refractivity contribution < 1.29 is 52.2 Å². The molecule has 1 heterocycles. The molecule has 0 aliphatic rings. The van der Waals surface area contributed by atoms with Crippen LogP contribution < -0.4 is 5.36 Å². The first-order valence-electron chi connectivity index (χ1n) is 7.77. The lowest BCUT2D eigenvalue weighted by atomic mass is 10.1. The molecule has 0 aliphatic heterocycles. The monoisotopic (exact) mass is 470 g/mol. The average Bonchev–Trinajstić information content (AvgIpc) is 2.64. The van der Waals surface area contributed by atoms with Crippen LogP contribution >= 0.6 is 0 Å². The number of rotatable bonds is 6. The van der Waals surface area contributed by atoms with Gasteiger partial charge in [0.05, 0.1) is 5.52 Å². The van der Waals surface area contributed by atoms with Gasteiger partial charge in [0.2, 0.25) is 0 Å². The van der Waals surface area contributed by atoms with Gasteiger partial charge in [0.15, 0.2) is 0 Å². The van der Waals surface area contributed by atoms with E-state index in [1.54, 1.807) is 17.6 Å². The number of alkyl halides is 9. The average molecular weight is 470 g/mol. The predicted octanol–water partition coefficient (Wildman–Crippen LogP) is 4.25. The lowest BCUT2D eigenvalue weighted by Gasteiger charge is -2.31. The van der Waals surface area contributed by atoms with Crippen LogP contribution in [-0.4, -0.2) is 36.3 Å². The summed E-state index contributed by atoms with van der Waals surface area (Å²) in [5.41, 5.74) is 0.378. The highest BCUT2D eigenvalue weighted by Gasteiger charge is 2.86. The van der Waals surface area contributed by atoms with Gasteiger partial charge in [-0.3, -0.25) is 4.28 Å². The van der Waals surface area contributed by atoms with Gasteiger partial charge in [0.1, 0.15) is 5.36 Å². The van der Waals surface area contributed by atoms with Crippen molar-refractivity contribution in [3.05, 3.63) is 41.9 Å². The first-order valence-corrected chi connectivity index (χ1v) is 9.17. The van der Waals surface area contributed by atoms with Crippen molar-refractivity contribution in [2.45, 2.75) is 36.7 Å². The molecule has 0 saturated heterocycles. The molecule has 0 N–H and O–H groups in total. The van der Waals surface area contributed by atoms with Crippen molar-refractivity contribution in [3.8, 4) is 0 Å². The summed E-state index contributed by atoms with van der Waals surface area (Å²) in [6.07, 6.45) is -5.88. The second kappa shape index (κ2) is 7.35. The molecule has 0 amide bonds. The van der Waals surface area contributed by atoms with Crippen molar-refractivity contribution >= 4 is 21.0 Å². The molecular formula is C15H11F9N2O3S. The van der Waals surface area contributed by atoms with E-state index in [2.05, 4.69) is 9.44 Å². The maximum atomic E-state index is 13.6. The van der Waals surface area contributed by atoms with Gasteiger partial charge in [0.25, 0.3) is 0 Å². The van der Waals surface area contributed by atoms with Crippen LogP contribution in [0.15, 0.2) is 41.7 Å². The molecule has 0 aliphatic carbocycles. The fourth-order valence-corrected chi connectivity index (χ4v) is 2.99. The minimum atomic E-state index is -7.39. The largest absolute Gasteiger partial charge is 0.460 e. The van der Waals surface area contributed by atoms with Crippen molar-refractivity contribution in [2.75, 3.05) is 0 Å². The molecule has 0 fully saturated rings. The Bertz CT molecular complexity index is 1110. The Labute approximate surface area is 162 Å². The first-order chi connectivity index (χ1) is 13.5. The Balaban J connectivity index is 2.55. The van der Waals surface area contributed by atoms with Gasteiger partial charge in [-0.2, -0.15) is 47.9 Å². The van der Waals surface area contributed by atoms with Gasteiger partial charge in [-0.1, -0.05) is 23.4 Å². The summed E-state index contributed by atoms with van der Waals surface area (Å²) in [7, 11) is -7.08. The Morgan fingerprint density at radius 3 is 2.03 bits per heavy atom. The lowest BCUT2D eigenvalue weighted by molar-refractivity contribution is -0.382. The van der Waals surface area contributed by atoms with E-state index < -0.39 is 38.8 Å². The summed E-state index contributed by atoms with van der Waals surface area (Å²) in [5, 5.41) is -4.61. The molecule has 30 heavy (non-hydrogen) atoms. The molecule has 5 nitrogen and oxygen atoms in total. The third-order valence-electron chi connectivity index (χ3n) is 3.91. The Hall–Kier alpha value is -2.45. The molecule has 168 valence electrons. The maximum Gasteiger partial charge on any atom is 0.460 e. The van der Waals surface area contributed by atoms with E-state index in [9.17, 15) is 47.9 Å². The molecular weight excluding hydrogens is 459 g/mol. The van der Waals surface area contributed by atoms with Crippen molar-refractivity contribution in [2.24, 2.45) is 5.16 Å². The standard InChI is InChI=1S/C15H11F9N2O3S/c1-2-26-8-7-10(9-5-3-4-6-11(9)26)25-29-30(27,28)15(23,24)13(18,19)12(16,17)14(20,21)22/h3-8H,2H2,1H3/b25-10+. The number of pyridine rings is 1. The van der Waals surface area contributed by atoms with Gasteiger partial charge >= 0.3 is 33.4 Å². The van der Waals surface area contributed by atoms with Gasteiger partial charge in [-0.25, -0.2) is 0 Å². The summed E-state index contributed by atoms with van der Waals surface area (Å²) >= 11 is 0. The van der Waals surface area contributed by atoms with E-state index >= 15 is 0 Å². The molecule has 2 aromatic rings. The number of hydrogen-bond donors (Lipinski definition) is 0. The fourth-order valence-electron chi connectivity index (χ4n) is 2.28. The number of hydrogen-bond acceptors (Lipinski definition) is 4. The topological polar surface area (TPSA) is 60.7 Å². The highest BCUT2D eigenvalue weighted by molar-refractivity contribution is 7.87. The number of benzene rings is 1. The van der Waals surface area contributed by atoms with Crippen LogP contribution in [0.1, 0.15) is 6.92 Å². The summed E-state index contributed by atoms with van der Waals surface area (Å²) in [5.74, 6) is -14.8. The summed E-state index contributed by atoms with van der Waals surface area (Å²) < 4.78 is 144. The molecule has 0 atom stereocenters. The van der Waals surface area contributed by atoms with Gasteiger partial charge < -0.3 is 4.57 Å². The fraction of sp³-hybridized carbons (Fsp3) is 0.400. The molecule has 15 heteroatoms. The number of halogens is 9. The smallest absolute Gasteiger partial charge is 0.348 e. The number of aromatic nitrogens is 1. The van der Waals surface area contributed by atoms with Crippen molar-refractivity contribution in [3.63, 3.8) is 0 Å². The summed E-state index contributed by atoms with van der Waals surface area (Å²) in [6, 6.07) is 6.81. The van der Waals surface area contributed by atoms with Gasteiger partial charge in [-0.15, -0.1) is 0 Å². The molecule has 0 spiro atoms. The minimum Gasteiger partial charge on any atom is -0.348 e. The second-order valence-corrected chi connectivity index (χ2v) is 7.36. The van der Waals surface area contributed by atoms with E-state index in [0.717, 1.165) is 6.07 Å². The van der Waals surface area contributed by atoms with Crippen molar-refractivity contribution in [1.82, 2.24) is 4.57 Å². The molecule has 0 radical (unpaired) electrons. The van der Waals surface area contributed by atoms with Gasteiger partial charge in [-0.05, 0) is 19.1 Å². The summed E-state index contributed by atoms with van der Waals surface area (Å²) in [4.78, 5) is 0. The first kappa shape index (κ1) is 23.8. The Morgan fingerprint density at radius 2 is 1.50 bits per heavy atom. The zero-order chi connectivity index (χ0) is 23.2. The zero-order valence-electron chi connectivity index (χ0n) is 14.6. The molecule has 2 rings (SSSR count). The second-order valence-electron chi connectivity index (χ2n) is 5.79. The molecule has 1 aromatic carbocycles. The quantitative estimate of drug-likeness (QED) is 0.469. The Kier molecular flexibility index (Phi) is 5.84. The normalized spacial score (nSPS) is 14.9. The lowest BCUT2D eigenvalue weighted by Crippen LogP contribution is -2.63. The third-order valence-corrected chi connectivity index (χ3v) is 5.06. The highest BCUT2D eigenvalue weighted by Crippen LogP contribution is 2.54. The van der Waals surface area contributed by atoms with E-state index in [-0.39, 0.29) is 5.39 Å². The number of fused-ring (bicyclic) bond motifs is 1. The van der Waals surface area contributed by atoms with E-state index in [4.69, 9.17) is 0 Å². The van der Waals surface area contributed by atoms with E-state index in [1.807, 2.05) is 0 Å². The van der Waals surface area contributed by atoms with Crippen LogP contribution in [0.5, 0.6) is 0 Å². The SMILES string of the molecule is CCn1cc/c(=N\OS(=O)(=O)C(F)(F)C(F)(F)C(F)(F)C(F)(F)F)c2ccccc21. The third kappa shape index (κ3) is 3.58. The molecule has 0 unspecified atom stereocenters. The predicted molar refractivity (Wildman–Crippen MR) is 84.1 cm³/mol. The van der Waals surface area contributed by atoms with E-state index in [0.29, 0.717) is 12.1 Å². The van der Waals surface area contributed by atoms with Crippen LogP contribution in [0.3, 0.4) is 0 Å². The van der Waals surface area contributed by atoms with Crippen LogP contribution in [0.25, 0.3) is 10.9 Å². The molecule has 1 aromatic heterocycles. The van der Waals surface area contributed by atoms with Crippen molar-refractivity contribution in [1.29, 1.82) is 0 Å². The number of para-hydroxylation sites is 1.